The second-order valence-electron chi connectivity index (χ2n) is 7.66. The van der Waals surface area contributed by atoms with Crippen molar-refractivity contribution in [3.63, 3.8) is 0 Å². The summed E-state index contributed by atoms with van der Waals surface area (Å²) in [5.74, 6) is 1.70. The number of hydrogen-bond donors (Lipinski definition) is 1. The van der Waals surface area contributed by atoms with Crippen LogP contribution in [0.5, 0.6) is 5.75 Å². The van der Waals surface area contributed by atoms with E-state index in [1.807, 2.05) is 48.2 Å². The van der Waals surface area contributed by atoms with Crippen molar-refractivity contribution in [1.29, 1.82) is 0 Å². The van der Waals surface area contributed by atoms with Gasteiger partial charge in [0.15, 0.2) is 0 Å². The third-order valence-corrected chi connectivity index (χ3v) is 5.44. The molecule has 2 heterocycles. The number of aryl methyl sites for hydroxylation is 1. The van der Waals surface area contributed by atoms with Gasteiger partial charge in [-0.3, -0.25) is 14.5 Å². The van der Waals surface area contributed by atoms with Gasteiger partial charge in [-0.1, -0.05) is 12.1 Å². The molecular formula is C23H31N3O4. The van der Waals surface area contributed by atoms with E-state index in [1.54, 1.807) is 13.4 Å². The molecule has 7 heteroatoms. The van der Waals surface area contributed by atoms with Gasteiger partial charge < -0.3 is 19.4 Å². The van der Waals surface area contributed by atoms with Crippen molar-refractivity contribution in [2.45, 2.75) is 32.2 Å². The summed E-state index contributed by atoms with van der Waals surface area (Å²) in [6.45, 7) is 5.15. The van der Waals surface area contributed by atoms with E-state index in [0.717, 1.165) is 43.0 Å². The minimum absolute atomic E-state index is 0.0295. The van der Waals surface area contributed by atoms with Crippen molar-refractivity contribution in [1.82, 2.24) is 15.1 Å². The number of ether oxygens (including phenoxy) is 1. The van der Waals surface area contributed by atoms with Crippen LogP contribution in [0.3, 0.4) is 0 Å². The first-order valence-corrected chi connectivity index (χ1v) is 10.5. The fourth-order valence-corrected chi connectivity index (χ4v) is 3.68. The third-order valence-electron chi connectivity index (χ3n) is 5.44. The maximum Gasteiger partial charge on any atom is 0.234 e. The molecule has 0 saturated carbocycles. The third kappa shape index (κ3) is 6.35. The van der Waals surface area contributed by atoms with Gasteiger partial charge in [0.1, 0.15) is 11.5 Å². The van der Waals surface area contributed by atoms with E-state index in [1.165, 1.54) is 0 Å². The molecule has 0 bridgehead atoms. The highest BCUT2D eigenvalue weighted by Gasteiger charge is 2.21. The highest BCUT2D eigenvalue weighted by atomic mass is 16.5. The number of nitrogens with one attached hydrogen (secondary N) is 1. The van der Waals surface area contributed by atoms with Gasteiger partial charge in [-0.05, 0) is 49.6 Å². The largest absolute Gasteiger partial charge is 0.497 e. The van der Waals surface area contributed by atoms with E-state index in [4.69, 9.17) is 9.15 Å². The fourth-order valence-electron chi connectivity index (χ4n) is 3.68. The maximum absolute atomic E-state index is 12.6. The molecule has 7 nitrogen and oxygen atoms in total. The highest BCUT2D eigenvalue weighted by molar-refractivity contribution is 5.78. The first kappa shape index (κ1) is 21.9. The Balaban J connectivity index is 1.41. The zero-order chi connectivity index (χ0) is 21.3. The predicted molar refractivity (Wildman–Crippen MR) is 114 cm³/mol. The Kier molecular flexibility index (Phi) is 7.90. The number of rotatable bonds is 8. The molecule has 1 unspecified atom stereocenters. The number of nitrogens with zero attached hydrogens (tertiary/aromatic N) is 2. The molecule has 0 aliphatic carbocycles. The van der Waals surface area contributed by atoms with E-state index >= 15 is 0 Å². The number of hydrogen-bond acceptors (Lipinski definition) is 5. The Bertz CT molecular complexity index is 804. The van der Waals surface area contributed by atoms with Gasteiger partial charge in [0, 0.05) is 32.6 Å². The lowest BCUT2D eigenvalue weighted by Crippen LogP contribution is -2.40. The fraction of sp³-hybridized carbons (Fsp3) is 0.478. The van der Waals surface area contributed by atoms with Crippen LogP contribution in [0, 0.1) is 0 Å². The monoisotopic (exact) mass is 413 g/mol. The van der Waals surface area contributed by atoms with E-state index in [0.29, 0.717) is 26.1 Å². The Hall–Kier alpha value is -2.80. The number of methoxy groups -OCH3 is 1. The van der Waals surface area contributed by atoms with Crippen LogP contribution in [0.15, 0.2) is 47.1 Å². The van der Waals surface area contributed by atoms with Gasteiger partial charge in [0.05, 0.1) is 26.0 Å². The average Bonchev–Trinajstić information content (AvgIpc) is 3.20. The molecule has 1 N–H and O–H groups in total. The summed E-state index contributed by atoms with van der Waals surface area (Å²) < 4.78 is 10.5. The standard InChI is InChI=1S/C23H31N3O4/c1-18(21-5-3-16-30-21)24-22(27)17-25-12-4-13-26(15-14-25)23(28)11-8-19-6-9-20(29-2)10-7-19/h3,5-7,9-10,16,18H,4,8,11-15,17H2,1-2H3,(H,24,27). The smallest absolute Gasteiger partial charge is 0.234 e. The number of benzene rings is 1. The molecule has 1 fully saturated rings. The second-order valence-corrected chi connectivity index (χ2v) is 7.66. The summed E-state index contributed by atoms with van der Waals surface area (Å²) in [6.07, 6.45) is 3.69. The summed E-state index contributed by atoms with van der Waals surface area (Å²) in [4.78, 5) is 29.0. The molecule has 1 aliphatic heterocycles. The maximum atomic E-state index is 12.6. The molecule has 3 rings (SSSR count). The molecule has 2 aromatic rings. The molecule has 0 spiro atoms. The first-order valence-electron chi connectivity index (χ1n) is 10.5. The molecule has 1 aliphatic rings. The molecule has 1 aromatic heterocycles. The van der Waals surface area contributed by atoms with E-state index in [2.05, 4.69) is 10.2 Å². The zero-order valence-corrected chi connectivity index (χ0v) is 17.8. The average molecular weight is 414 g/mol. The Labute approximate surface area is 178 Å². The van der Waals surface area contributed by atoms with E-state index in [9.17, 15) is 9.59 Å². The lowest BCUT2D eigenvalue weighted by Gasteiger charge is -2.22. The summed E-state index contributed by atoms with van der Waals surface area (Å²) in [5.41, 5.74) is 1.13. The number of carbonyl (C=O) groups is 2. The van der Waals surface area contributed by atoms with Crippen LogP contribution in [-0.4, -0.2) is 61.4 Å². The van der Waals surface area contributed by atoms with Crippen LogP contribution in [-0.2, 0) is 16.0 Å². The van der Waals surface area contributed by atoms with Gasteiger partial charge in [-0.2, -0.15) is 0 Å². The topological polar surface area (TPSA) is 75.0 Å². The van der Waals surface area contributed by atoms with Crippen molar-refractivity contribution in [2.24, 2.45) is 0 Å². The van der Waals surface area contributed by atoms with Crippen LogP contribution in [0.25, 0.3) is 0 Å². The Morgan fingerprint density at radius 2 is 1.93 bits per heavy atom. The summed E-state index contributed by atoms with van der Waals surface area (Å²) in [5, 5.41) is 2.97. The number of amides is 2. The van der Waals surface area contributed by atoms with Crippen LogP contribution in [0.2, 0.25) is 0 Å². The zero-order valence-electron chi connectivity index (χ0n) is 17.8. The number of furan rings is 1. The lowest BCUT2D eigenvalue weighted by atomic mass is 10.1. The lowest BCUT2D eigenvalue weighted by molar-refractivity contribution is -0.131. The minimum atomic E-state index is -0.157. The van der Waals surface area contributed by atoms with Crippen LogP contribution >= 0.6 is 0 Å². The Morgan fingerprint density at radius 1 is 1.13 bits per heavy atom. The molecular weight excluding hydrogens is 382 g/mol. The molecule has 162 valence electrons. The number of carbonyl (C=O) groups excluding carboxylic acids is 2. The molecule has 2 amide bonds. The van der Waals surface area contributed by atoms with Crippen LogP contribution < -0.4 is 10.1 Å². The first-order chi connectivity index (χ1) is 14.5. The van der Waals surface area contributed by atoms with E-state index < -0.39 is 0 Å². The summed E-state index contributed by atoms with van der Waals surface area (Å²) in [6, 6.07) is 11.3. The SMILES string of the molecule is COc1ccc(CCC(=O)N2CCCN(CC(=O)NC(C)c3ccco3)CC2)cc1. The van der Waals surface area contributed by atoms with Gasteiger partial charge in [0.2, 0.25) is 11.8 Å². The summed E-state index contributed by atoms with van der Waals surface area (Å²) >= 11 is 0. The normalized spacial score (nSPS) is 16.0. The second kappa shape index (κ2) is 10.8. The molecule has 1 aromatic carbocycles. The van der Waals surface area contributed by atoms with Gasteiger partial charge >= 0.3 is 0 Å². The van der Waals surface area contributed by atoms with Crippen molar-refractivity contribution in [2.75, 3.05) is 39.8 Å². The van der Waals surface area contributed by atoms with Crippen molar-refractivity contribution in [3.8, 4) is 5.75 Å². The summed E-state index contributed by atoms with van der Waals surface area (Å²) in [7, 11) is 1.64. The molecule has 0 radical (unpaired) electrons. The van der Waals surface area contributed by atoms with Gasteiger partial charge in [-0.15, -0.1) is 0 Å². The van der Waals surface area contributed by atoms with E-state index in [-0.39, 0.29) is 17.9 Å². The van der Waals surface area contributed by atoms with Crippen LogP contribution in [0.4, 0.5) is 0 Å². The van der Waals surface area contributed by atoms with Crippen LogP contribution in [0.1, 0.15) is 37.1 Å². The van der Waals surface area contributed by atoms with Gasteiger partial charge in [0.25, 0.3) is 0 Å². The van der Waals surface area contributed by atoms with Crippen molar-refractivity contribution in [3.05, 3.63) is 54.0 Å². The molecule has 1 saturated heterocycles. The minimum Gasteiger partial charge on any atom is -0.497 e. The quantitative estimate of drug-likeness (QED) is 0.720. The predicted octanol–water partition coefficient (Wildman–Crippen LogP) is 2.63. The van der Waals surface area contributed by atoms with Crippen molar-refractivity contribution >= 4 is 11.8 Å². The molecule has 1 atom stereocenters. The Morgan fingerprint density at radius 3 is 2.63 bits per heavy atom. The molecule has 30 heavy (non-hydrogen) atoms. The van der Waals surface area contributed by atoms with Gasteiger partial charge in [-0.25, -0.2) is 0 Å². The van der Waals surface area contributed by atoms with Crippen molar-refractivity contribution < 1.29 is 18.7 Å². The highest BCUT2D eigenvalue weighted by Crippen LogP contribution is 2.14.